The summed E-state index contributed by atoms with van der Waals surface area (Å²) in [6, 6.07) is 10.1. The molecule has 5 nitrogen and oxygen atoms in total. The smallest absolute Gasteiger partial charge is 0.134 e. The zero-order chi connectivity index (χ0) is 17.9. The minimum atomic E-state index is -0.0860. The second kappa shape index (κ2) is 7.58. The molecule has 2 aromatic rings. The SMILES string of the molecule is CC(C)(CNc1cc(N2CCCC2CO)ncn1)c1cccc(Cl)c1. The first-order valence-corrected chi connectivity index (χ1v) is 9.07. The van der Waals surface area contributed by atoms with E-state index < -0.39 is 0 Å². The van der Waals surface area contributed by atoms with E-state index in [0.29, 0.717) is 0 Å². The van der Waals surface area contributed by atoms with Gasteiger partial charge < -0.3 is 15.3 Å². The number of rotatable bonds is 6. The Morgan fingerprint density at radius 1 is 1.32 bits per heavy atom. The van der Waals surface area contributed by atoms with Gasteiger partial charge in [-0.2, -0.15) is 0 Å². The lowest BCUT2D eigenvalue weighted by Crippen LogP contribution is -2.33. The fourth-order valence-electron chi connectivity index (χ4n) is 3.25. The summed E-state index contributed by atoms with van der Waals surface area (Å²) in [6.45, 7) is 6.17. The molecule has 0 bridgehead atoms. The van der Waals surface area contributed by atoms with E-state index in [4.69, 9.17) is 11.6 Å². The highest BCUT2D eigenvalue weighted by molar-refractivity contribution is 6.30. The van der Waals surface area contributed by atoms with Gasteiger partial charge >= 0.3 is 0 Å². The van der Waals surface area contributed by atoms with E-state index in [1.807, 2.05) is 24.3 Å². The average Bonchev–Trinajstić information content (AvgIpc) is 3.09. The normalized spacial score (nSPS) is 17.8. The predicted molar refractivity (Wildman–Crippen MR) is 102 cm³/mol. The first-order valence-electron chi connectivity index (χ1n) is 8.69. The molecule has 2 heterocycles. The van der Waals surface area contributed by atoms with Crippen LogP contribution in [0.1, 0.15) is 32.3 Å². The lowest BCUT2D eigenvalue weighted by Gasteiger charge is -2.27. The monoisotopic (exact) mass is 360 g/mol. The van der Waals surface area contributed by atoms with Crippen LogP contribution >= 0.6 is 11.6 Å². The van der Waals surface area contributed by atoms with Crippen molar-refractivity contribution in [1.29, 1.82) is 0 Å². The quantitative estimate of drug-likeness (QED) is 0.825. The molecule has 0 spiro atoms. The number of aromatic nitrogens is 2. The van der Waals surface area contributed by atoms with E-state index in [0.717, 1.165) is 42.6 Å². The van der Waals surface area contributed by atoms with Gasteiger partial charge in [0.25, 0.3) is 0 Å². The van der Waals surface area contributed by atoms with Gasteiger partial charge in [0.05, 0.1) is 12.6 Å². The number of halogens is 1. The summed E-state index contributed by atoms with van der Waals surface area (Å²) in [4.78, 5) is 10.9. The molecule has 134 valence electrons. The summed E-state index contributed by atoms with van der Waals surface area (Å²) in [5.74, 6) is 1.67. The van der Waals surface area contributed by atoms with Crippen LogP contribution < -0.4 is 10.2 Å². The highest BCUT2D eigenvalue weighted by atomic mass is 35.5. The summed E-state index contributed by atoms with van der Waals surface area (Å²) in [7, 11) is 0. The third-order valence-electron chi connectivity index (χ3n) is 4.85. The van der Waals surface area contributed by atoms with E-state index in [1.165, 1.54) is 5.56 Å². The van der Waals surface area contributed by atoms with Gasteiger partial charge in [0.1, 0.15) is 18.0 Å². The van der Waals surface area contributed by atoms with Crippen molar-refractivity contribution in [1.82, 2.24) is 9.97 Å². The van der Waals surface area contributed by atoms with E-state index in [9.17, 15) is 5.11 Å². The van der Waals surface area contributed by atoms with Crippen LogP contribution in [0.2, 0.25) is 5.02 Å². The number of nitrogens with zero attached hydrogens (tertiary/aromatic N) is 3. The first-order chi connectivity index (χ1) is 12.0. The topological polar surface area (TPSA) is 61.3 Å². The van der Waals surface area contributed by atoms with Crippen molar-refractivity contribution in [2.75, 3.05) is 29.9 Å². The maximum Gasteiger partial charge on any atom is 0.134 e. The molecule has 25 heavy (non-hydrogen) atoms. The van der Waals surface area contributed by atoms with Crippen LogP contribution in [-0.4, -0.2) is 40.8 Å². The Kier molecular flexibility index (Phi) is 5.45. The van der Waals surface area contributed by atoms with Crippen molar-refractivity contribution in [3.05, 3.63) is 47.2 Å². The minimum absolute atomic E-state index is 0.0860. The molecule has 6 heteroatoms. The highest BCUT2D eigenvalue weighted by Gasteiger charge is 2.25. The molecule has 3 rings (SSSR count). The van der Waals surface area contributed by atoms with Crippen LogP contribution in [0, 0.1) is 0 Å². The van der Waals surface area contributed by atoms with Crippen LogP contribution in [0.25, 0.3) is 0 Å². The molecule has 2 N–H and O–H groups in total. The van der Waals surface area contributed by atoms with Crippen LogP contribution in [-0.2, 0) is 5.41 Å². The van der Waals surface area contributed by atoms with Crippen molar-refractivity contribution < 1.29 is 5.11 Å². The maximum atomic E-state index is 9.51. The second-order valence-corrected chi connectivity index (χ2v) is 7.62. The molecular formula is C19H25ClN4O. The van der Waals surface area contributed by atoms with Gasteiger partial charge in [-0.15, -0.1) is 0 Å². The van der Waals surface area contributed by atoms with Gasteiger partial charge in [0.15, 0.2) is 0 Å². The summed E-state index contributed by atoms with van der Waals surface area (Å²) in [5.41, 5.74) is 1.10. The molecule has 1 fully saturated rings. The summed E-state index contributed by atoms with van der Waals surface area (Å²) in [6.07, 6.45) is 3.67. The van der Waals surface area contributed by atoms with Gasteiger partial charge in [0.2, 0.25) is 0 Å². The molecule has 0 saturated carbocycles. The molecule has 0 amide bonds. The fourth-order valence-corrected chi connectivity index (χ4v) is 3.44. The van der Waals surface area contributed by atoms with Crippen molar-refractivity contribution in [2.24, 2.45) is 0 Å². The third-order valence-corrected chi connectivity index (χ3v) is 5.09. The van der Waals surface area contributed by atoms with Crippen molar-refractivity contribution >= 4 is 23.2 Å². The summed E-state index contributed by atoms with van der Waals surface area (Å²) < 4.78 is 0. The van der Waals surface area contributed by atoms with Gasteiger partial charge in [-0.25, -0.2) is 9.97 Å². The van der Waals surface area contributed by atoms with Crippen molar-refractivity contribution in [2.45, 2.75) is 38.1 Å². The van der Waals surface area contributed by atoms with Crippen LogP contribution in [0.4, 0.5) is 11.6 Å². The lowest BCUT2D eigenvalue weighted by molar-refractivity contribution is 0.266. The largest absolute Gasteiger partial charge is 0.394 e. The molecule has 1 aliphatic heterocycles. The average molecular weight is 361 g/mol. The molecule has 1 aliphatic rings. The Bertz CT molecular complexity index is 722. The van der Waals surface area contributed by atoms with E-state index >= 15 is 0 Å². The molecule has 0 radical (unpaired) electrons. The molecule has 0 aliphatic carbocycles. The first kappa shape index (κ1) is 18.0. The van der Waals surface area contributed by atoms with E-state index in [1.54, 1.807) is 6.33 Å². The Morgan fingerprint density at radius 2 is 2.16 bits per heavy atom. The summed E-state index contributed by atoms with van der Waals surface area (Å²) >= 11 is 6.12. The second-order valence-electron chi connectivity index (χ2n) is 7.18. The van der Waals surface area contributed by atoms with E-state index in [2.05, 4.69) is 40.1 Å². The zero-order valence-corrected chi connectivity index (χ0v) is 15.5. The maximum absolute atomic E-state index is 9.51. The van der Waals surface area contributed by atoms with Crippen LogP contribution in [0.5, 0.6) is 0 Å². The highest BCUT2D eigenvalue weighted by Crippen LogP contribution is 2.27. The number of benzene rings is 1. The third kappa shape index (κ3) is 4.22. The number of anilines is 2. The lowest BCUT2D eigenvalue weighted by atomic mass is 9.84. The van der Waals surface area contributed by atoms with E-state index in [-0.39, 0.29) is 18.1 Å². The van der Waals surface area contributed by atoms with Crippen LogP contribution in [0.3, 0.4) is 0 Å². The number of hydrogen-bond acceptors (Lipinski definition) is 5. The summed E-state index contributed by atoms with van der Waals surface area (Å²) in [5, 5.41) is 13.7. The van der Waals surface area contributed by atoms with Gasteiger partial charge in [-0.1, -0.05) is 37.6 Å². The Hall–Kier alpha value is -1.85. The Labute approximate surface area is 154 Å². The van der Waals surface area contributed by atoms with Gasteiger partial charge in [0, 0.05) is 29.6 Å². The zero-order valence-electron chi connectivity index (χ0n) is 14.7. The van der Waals surface area contributed by atoms with Gasteiger partial charge in [-0.05, 0) is 30.5 Å². The standard InChI is InChI=1S/C19H25ClN4O/c1-19(2,14-5-3-6-15(20)9-14)12-21-17-10-18(23-13-22-17)24-8-4-7-16(24)11-25/h3,5-6,9-10,13,16,25H,4,7-8,11-12H2,1-2H3,(H,21,22,23). The van der Waals surface area contributed by atoms with Gasteiger partial charge in [-0.3, -0.25) is 0 Å². The number of aliphatic hydroxyl groups is 1. The van der Waals surface area contributed by atoms with Crippen molar-refractivity contribution in [3.8, 4) is 0 Å². The fraction of sp³-hybridized carbons (Fsp3) is 0.474. The number of aliphatic hydroxyl groups excluding tert-OH is 1. The minimum Gasteiger partial charge on any atom is -0.394 e. The Morgan fingerprint density at radius 3 is 2.92 bits per heavy atom. The Balaban J connectivity index is 1.70. The van der Waals surface area contributed by atoms with Crippen molar-refractivity contribution in [3.63, 3.8) is 0 Å². The molecule has 1 aromatic heterocycles. The molecular weight excluding hydrogens is 336 g/mol. The number of nitrogens with one attached hydrogen (secondary N) is 1. The predicted octanol–water partition coefficient (Wildman–Crippen LogP) is 3.48. The van der Waals surface area contributed by atoms with Crippen LogP contribution in [0.15, 0.2) is 36.7 Å². The molecule has 1 aromatic carbocycles. The molecule has 1 atom stereocenters. The number of hydrogen-bond donors (Lipinski definition) is 2. The molecule has 1 unspecified atom stereocenters. The molecule has 1 saturated heterocycles.